The second-order valence-electron chi connectivity index (χ2n) is 9.24. The topological polar surface area (TPSA) is 70.7 Å². The first kappa shape index (κ1) is 24.0. The molecule has 3 heterocycles. The highest BCUT2D eigenvalue weighted by molar-refractivity contribution is 8.17. The molecule has 0 fully saturated rings. The molecule has 7 heteroatoms. The van der Waals surface area contributed by atoms with Gasteiger partial charge < -0.3 is 9.30 Å². The van der Waals surface area contributed by atoms with Crippen LogP contribution in [-0.4, -0.2) is 33.0 Å². The summed E-state index contributed by atoms with van der Waals surface area (Å²) in [4.78, 5) is 19.1. The number of para-hydroxylation sites is 1. The van der Waals surface area contributed by atoms with E-state index in [-0.39, 0.29) is 17.3 Å². The molecular weight excluding hydrogens is 492 g/mol. The van der Waals surface area contributed by atoms with E-state index in [1.54, 1.807) is 11.0 Å². The molecule has 4 aromatic rings. The van der Waals surface area contributed by atoms with Gasteiger partial charge in [-0.1, -0.05) is 78.0 Å². The lowest BCUT2D eigenvalue weighted by molar-refractivity contribution is -0.114. The number of amides is 1. The average molecular weight is 519 g/mol. The molecule has 2 aliphatic rings. The molecule has 0 aliphatic carbocycles. The van der Waals surface area contributed by atoms with E-state index >= 15 is 0 Å². The lowest BCUT2D eigenvalue weighted by Crippen LogP contribution is -2.37. The zero-order valence-corrected chi connectivity index (χ0v) is 21.7. The number of aromatic nitrogens is 1. The van der Waals surface area contributed by atoms with Gasteiger partial charge in [0.05, 0.1) is 17.9 Å². The monoisotopic (exact) mass is 518 g/mol. The predicted octanol–water partition coefficient (Wildman–Crippen LogP) is 6.72. The Morgan fingerprint density at radius 3 is 2.58 bits per heavy atom. The van der Waals surface area contributed by atoms with Gasteiger partial charge in [-0.2, -0.15) is 4.99 Å². The maximum Gasteiger partial charge on any atom is 0.283 e. The number of carbonyl (C=O) groups is 1. The largest absolute Gasteiger partial charge is 0.494 e. The van der Waals surface area contributed by atoms with E-state index in [1.165, 1.54) is 17.3 Å². The SMILES string of the molecule is Cc1ccc(OCCCn2cc(C=C3C(=N)N4C(c5ccccc5)=CSC4=NC3=O)c3ccccc32)cc1. The minimum atomic E-state index is -0.389. The van der Waals surface area contributed by atoms with Gasteiger partial charge in [0.2, 0.25) is 0 Å². The lowest BCUT2D eigenvalue weighted by atomic mass is 10.1. The third-order valence-electron chi connectivity index (χ3n) is 6.64. The number of thioether (sulfide) groups is 1. The van der Waals surface area contributed by atoms with Crippen molar-refractivity contribution in [3.8, 4) is 5.75 Å². The van der Waals surface area contributed by atoms with Crippen LogP contribution in [0.2, 0.25) is 0 Å². The Kier molecular flexibility index (Phi) is 6.43. The van der Waals surface area contributed by atoms with Crippen molar-refractivity contribution in [3.05, 3.63) is 113 Å². The van der Waals surface area contributed by atoms with E-state index < -0.39 is 0 Å². The van der Waals surface area contributed by atoms with Crippen LogP contribution in [-0.2, 0) is 11.3 Å². The summed E-state index contributed by atoms with van der Waals surface area (Å²) in [6.07, 6.45) is 4.69. The van der Waals surface area contributed by atoms with Gasteiger partial charge in [0, 0.05) is 34.6 Å². The van der Waals surface area contributed by atoms with Crippen molar-refractivity contribution in [3.63, 3.8) is 0 Å². The summed E-state index contributed by atoms with van der Waals surface area (Å²) < 4.78 is 8.10. The molecule has 1 aromatic heterocycles. The number of aryl methyl sites for hydroxylation is 2. The zero-order valence-electron chi connectivity index (χ0n) is 20.9. The van der Waals surface area contributed by atoms with Crippen molar-refractivity contribution in [2.75, 3.05) is 6.61 Å². The minimum absolute atomic E-state index is 0.142. The van der Waals surface area contributed by atoms with E-state index in [0.29, 0.717) is 11.8 Å². The number of rotatable bonds is 7. The van der Waals surface area contributed by atoms with Crippen LogP contribution < -0.4 is 4.74 Å². The number of nitrogens with one attached hydrogen (secondary N) is 1. The molecule has 6 rings (SSSR count). The maximum atomic E-state index is 13.0. The fourth-order valence-corrected chi connectivity index (χ4v) is 5.59. The molecule has 188 valence electrons. The number of ether oxygens (including phenoxy) is 1. The van der Waals surface area contributed by atoms with Crippen molar-refractivity contribution < 1.29 is 9.53 Å². The third-order valence-corrected chi connectivity index (χ3v) is 7.46. The van der Waals surface area contributed by atoms with Gasteiger partial charge in [-0.25, -0.2) is 0 Å². The Morgan fingerprint density at radius 2 is 1.76 bits per heavy atom. The van der Waals surface area contributed by atoms with Gasteiger partial charge >= 0.3 is 0 Å². The summed E-state index contributed by atoms with van der Waals surface area (Å²) >= 11 is 1.37. The number of benzene rings is 3. The van der Waals surface area contributed by atoms with Gasteiger partial charge in [-0.15, -0.1) is 0 Å². The third kappa shape index (κ3) is 4.57. The number of carbonyl (C=O) groups excluding carboxylic acids is 1. The van der Waals surface area contributed by atoms with Crippen LogP contribution >= 0.6 is 11.8 Å². The van der Waals surface area contributed by atoms with E-state index in [2.05, 4.69) is 28.7 Å². The van der Waals surface area contributed by atoms with Crippen LogP contribution in [0.25, 0.3) is 22.7 Å². The summed E-state index contributed by atoms with van der Waals surface area (Å²) in [7, 11) is 0. The molecule has 6 nitrogen and oxygen atoms in total. The number of aliphatic imine (C=N–C) groups is 1. The standard InChI is InChI=1S/C31H26N4O2S/c1-21-12-14-24(15-13-21)37-17-7-16-34-19-23(25-10-5-6-11-27(25)34)18-26-29(32)35-28(22-8-3-2-4-9-22)20-38-31(35)33-30(26)36/h2-6,8-15,18-20,32H,7,16-17H2,1H3. The second kappa shape index (κ2) is 10.2. The molecule has 0 saturated heterocycles. The molecule has 0 saturated carbocycles. The fourth-order valence-electron chi connectivity index (χ4n) is 4.70. The van der Waals surface area contributed by atoms with E-state index in [9.17, 15) is 4.79 Å². The van der Waals surface area contributed by atoms with Crippen LogP contribution in [0.4, 0.5) is 0 Å². The number of hydrogen-bond acceptors (Lipinski definition) is 4. The summed E-state index contributed by atoms with van der Waals surface area (Å²) in [5.74, 6) is 0.625. The minimum Gasteiger partial charge on any atom is -0.494 e. The van der Waals surface area contributed by atoms with Crippen molar-refractivity contribution in [2.24, 2.45) is 4.99 Å². The van der Waals surface area contributed by atoms with Crippen molar-refractivity contribution >= 4 is 51.3 Å². The fraction of sp³-hybridized carbons (Fsp3) is 0.129. The van der Waals surface area contributed by atoms with Crippen LogP contribution in [0, 0.1) is 12.3 Å². The van der Waals surface area contributed by atoms with Crippen molar-refractivity contribution in [1.29, 1.82) is 5.41 Å². The molecule has 1 N–H and O–H groups in total. The molecule has 0 spiro atoms. The van der Waals surface area contributed by atoms with E-state index in [4.69, 9.17) is 10.1 Å². The van der Waals surface area contributed by atoms with Crippen LogP contribution in [0.5, 0.6) is 5.75 Å². The first-order valence-electron chi connectivity index (χ1n) is 12.5. The Morgan fingerprint density at radius 1 is 1.00 bits per heavy atom. The maximum absolute atomic E-state index is 13.0. The Balaban J connectivity index is 1.25. The molecule has 0 unspecified atom stereocenters. The van der Waals surface area contributed by atoms with Crippen LogP contribution in [0.15, 0.2) is 101 Å². The molecule has 38 heavy (non-hydrogen) atoms. The molecule has 3 aromatic carbocycles. The van der Waals surface area contributed by atoms with Gasteiger partial charge in [0.25, 0.3) is 5.91 Å². The molecule has 0 atom stereocenters. The Hall–Kier alpha value is -4.36. The number of fused-ring (bicyclic) bond motifs is 2. The highest BCUT2D eigenvalue weighted by Crippen LogP contribution is 2.37. The summed E-state index contributed by atoms with van der Waals surface area (Å²) in [6.45, 7) is 3.44. The summed E-state index contributed by atoms with van der Waals surface area (Å²) in [5, 5.41) is 12.5. The molecule has 1 amide bonds. The predicted molar refractivity (Wildman–Crippen MR) is 155 cm³/mol. The first-order valence-corrected chi connectivity index (χ1v) is 13.4. The van der Waals surface area contributed by atoms with E-state index in [1.807, 2.05) is 78.2 Å². The quantitative estimate of drug-likeness (QED) is 0.218. The van der Waals surface area contributed by atoms with Crippen LogP contribution in [0.1, 0.15) is 23.1 Å². The number of hydrogen-bond donors (Lipinski definition) is 1. The lowest BCUT2D eigenvalue weighted by Gasteiger charge is -2.26. The van der Waals surface area contributed by atoms with Gasteiger partial charge in [-0.3, -0.25) is 15.1 Å². The average Bonchev–Trinajstić information content (AvgIpc) is 3.52. The zero-order chi connectivity index (χ0) is 26.1. The van der Waals surface area contributed by atoms with Crippen molar-refractivity contribution in [1.82, 2.24) is 9.47 Å². The second-order valence-corrected chi connectivity index (χ2v) is 10.1. The normalized spacial score (nSPS) is 16.1. The smallest absolute Gasteiger partial charge is 0.283 e. The van der Waals surface area contributed by atoms with Gasteiger partial charge in [0.1, 0.15) is 11.6 Å². The Labute approximate surface area is 225 Å². The summed E-state index contributed by atoms with van der Waals surface area (Å²) in [6, 6.07) is 26.1. The highest BCUT2D eigenvalue weighted by atomic mass is 32.2. The van der Waals surface area contributed by atoms with Gasteiger partial charge in [0.15, 0.2) is 5.17 Å². The van der Waals surface area contributed by atoms with Gasteiger partial charge in [-0.05, 0) is 43.2 Å². The van der Waals surface area contributed by atoms with E-state index in [0.717, 1.165) is 46.4 Å². The Bertz CT molecular complexity index is 1630. The number of amidine groups is 2. The molecule has 2 aliphatic heterocycles. The highest BCUT2D eigenvalue weighted by Gasteiger charge is 2.36. The molecule has 0 radical (unpaired) electrons. The number of nitrogens with zero attached hydrogens (tertiary/aromatic N) is 3. The molecular formula is C31H26N4O2S. The van der Waals surface area contributed by atoms with Crippen molar-refractivity contribution in [2.45, 2.75) is 19.9 Å². The summed E-state index contributed by atoms with van der Waals surface area (Å²) in [5.41, 5.74) is 5.30. The van der Waals surface area contributed by atoms with Crippen LogP contribution in [0.3, 0.4) is 0 Å². The molecule has 0 bridgehead atoms. The first-order chi connectivity index (χ1) is 18.6.